The number of H-pyrrole nitrogens is 1. The van der Waals surface area contributed by atoms with Gasteiger partial charge in [-0.25, -0.2) is 9.37 Å². The van der Waals surface area contributed by atoms with Crippen molar-refractivity contribution in [1.82, 2.24) is 14.9 Å². The fourth-order valence-electron chi connectivity index (χ4n) is 3.33. The number of imidazole rings is 1. The molecule has 0 aliphatic carbocycles. The van der Waals surface area contributed by atoms with E-state index in [2.05, 4.69) is 9.97 Å². The molecule has 1 atom stereocenters. The van der Waals surface area contributed by atoms with E-state index in [0.717, 1.165) is 49.3 Å². The summed E-state index contributed by atoms with van der Waals surface area (Å²) >= 11 is 0. The lowest BCUT2D eigenvalue weighted by Crippen LogP contribution is -2.39. The minimum Gasteiger partial charge on any atom is -0.385 e. The predicted molar refractivity (Wildman–Crippen MR) is 93.4 cm³/mol. The second-order valence-electron chi connectivity index (χ2n) is 6.39. The SMILES string of the molecule is COCCCC(=O)N1CCCC[C@@H]1c1ncc(-c2cccc(F)c2)[nH]1. The molecule has 1 amide bonds. The maximum atomic E-state index is 13.4. The summed E-state index contributed by atoms with van der Waals surface area (Å²) in [5.74, 6) is 0.644. The molecule has 0 unspecified atom stereocenters. The summed E-state index contributed by atoms with van der Waals surface area (Å²) in [6.07, 6.45) is 5.91. The average molecular weight is 345 g/mol. The van der Waals surface area contributed by atoms with Crippen LogP contribution in [0.2, 0.25) is 0 Å². The van der Waals surface area contributed by atoms with Crippen LogP contribution in [-0.4, -0.2) is 41.0 Å². The molecule has 0 spiro atoms. The van der Waals surface area contributed by atoms with Crippen molar-refractivity contribution in [3.05, 3.63) is 42.1 Å². The maximum absolute atomic E-state index is 13.4. The van der Waals surface area contributed by atoms with E-state index in [-0.39, 0.29) is 17.8 Å². The number of carbonyl (C=O) groups excluding carboxylic acids is 1. The zero-order valence-electron chi connectivity index (χ0n) is 14.5. The molecule has 1 aliphatic heterocycles. The number of rotatable bonds is 6. The Balaban J connectivity index is 1.75. The van der Waals surface area contributed by atoms with Crippen molar-refractivity contribution in [3.8, 4) is 11.3 Å². The average Bonchev–Trinajstić information content (AvgIpc) is 3.12. The molecule has 0 saturated carbocycles. The van der Waals surface area contributed by atoms with E-state index in [9.17, 15) is 9.18 Å². The highest BCUT2D eigenvalue weighted by atomic mass is 19.1. The number of piperidine rings is 1. The smallest absolute Gasteiger partial charge is 0.223 e. The van der Waals surface area contributed by atoms with Gasteiger partial charge in [-0.15, -0.1) is 0 Å². The quantitative estimate of drug-likeness (QED) is 0.812. The van der Waals surface area contributed by atoms with Gasteiger partial charge >= 0.3 is 0 Å². The number of ether oxygens (including phenoxy) is 1. The molecule has 5 nitrogen and oxygen atoms in total. The molecule has 134 valence electrons. The number of methoxy groups -OCH3 is 1. The molecule has 1 N–H and O–H groups in total. The molecule has 6 heteroatoms. The van der Waals surface area contributed by atoms with E-state index in [1.54, 1.807) is 19.4 Å². The van der Waals surface area contributed by atoms with Crippen molar-refractivity contribution >= 4 is 5.91 Å². The minimum atomic E-state index is -0.277. The molecule has 2 aromatic rings. The molecular formula is C19H24FN3O2. The van der Waals surface area contributed by atoms with E-state index in [0.29, 0.717) is 13.0 Å². The van der Waals surface area contributed by atoms with E-state index >= 15 is 0 Å². The number of hydrogen-bond acceptors (Lipinski definition) is 3. The molecule has 1 saturated heterocycles. The molecule has 3 rings (SSSR count). The van der Waals surface area contributed by atoms with Gasteiger partial charge in [0.2, 0.25) is 5.91 Å². The molecule has 0 radical (unpaired) electrons. The molecule has 1 fully saturated rings. The Morgan fingerprint density at radius 3 is 3.12 bits per heavy atom. The largest absolute Gasteiger partial charge is 0.385 e. The number of likely N-dealkylation sites (tertiary alicyclic amines) is 1. The fraction of sp³-hybridized carbons (Fsp3) is 0.474. The van der Waals surface area contributed by atoms with Crippen molar-refractivity contribution in [2.75, 3.05) is 20.3 Å². The van der Waals surface area contributed by atoms with Crippen LogP contribution in [0.5, 0.6) is 0 Å². The summed E-state index contributed by atoms with van der Waals surface area (Å²) < 4.78 is 18.5. The van der Waals surface area contributed by atoms with E-state index in [1.165, 1.54) is 12.1 Å². The number of aromatic nitrogens is 2. The Hall–Kier alpha value is -2.21. The molecule has 2 heterocycles. The van der Waals surface area contributed by atoms with E-state index in [4.69, 9.17) is 4.74 Å². The first-order valence-corrected chi connectivity index (χ1v) is 8.78. The zero-order chi connectivity index (χ0) is 17.6. The maximum Gasteiger partial charge on any atom is 0.223 e. The second kappa shape index (κ2) is 8.25. The lowest BCUT2D eigenvalue weighted by Gasteiger charge is -2.34. The van der Waals surface area contributed by atoms with Crippen molar-refractivity contribution in [2.24, 2.45) is 0 Å². The van der Waals surface area contributed by atoms with Gasteiger partial charge in [0.15, 0.2) is 0 Å². The molecular weight excluding hydrogens is 321 g/mol. The second-order valence-corrected chi connectivity index (χ2v) is 6.39. The van der Waals surface area contributed by atoms with Crippen LogP contribution in [0.15, 0.2) is 30.5 Å². The number of carbonyl (C=O) groups is 1. The Labute approximate surface area is 147 Å². The van der Waals surface area contributed by atoms with Crippen LogP contribution >= 0.6 is 0 Å². The van der Waals surface area contributed by atoms with Crippen LogP contribution in [0.25, 0.3) is 11.3 Å². The number of amides is 1. The summed E-state index contributed by atoms with van der Waals surface area (Å²) in [6, 6.07) is 6.38. The summed E-state index contributed by atoms with van der Waals surface area (Å²) in [7, 11) is 1.64. The molecule has 0 bridgehead atoms. The van der Waals surface area contributed by atoms with Crippen LogP contribution in [0, 0.1) is 5.82 Å². The highest BCUT2D eigenvalue weighted by Crippen LogP contribution is 2.31. The minimum absolute atomic E-state index is 0.0360. The van der Waals surface area contributed by atoms with Gasteiger partial charge < -0.3 is 14.6 Å². The summed E-state index contributed by atoms with van der Waals surface area (Å²) in [6.45, 7) is 1.35. The Morgan fingerprint density at radius 2 is 2.32 bits per heavy atom. The van der Waals surface area contributed by atoms with Gasteiger partial charge in [0.1, 0.15) is 11.6 Å². The number of nitrogens with one attached hydrogen (secondary N) is 1. The number of halogens is 1. The van der Waals surface area contributed by atoms with Crippen molar-refractivity contribution in [3.63, 3.8) is 0 Å². The van der Waals surface area contributed by atoms with Gasteiger partial charge in [-0.2, -0.15) is 0 Å². The van der Waals surface area contributed by atoms with Crippen LogP contribution in [0.4, 0.5) is 4.39 Å². The number of hydrogen-bond donors (Lipinski definition) is 1. The Morgan fingerprint density at radius 1 is 1.44 bits per heavy atom. The van der Waals surface area contributed by atoms with Gasteiger partial charge in [-0.1, -0.05) is 12.1 Å². The van der Waals surface area contributed by atoms with Crippen LogP contribution in [-0.2, 0) is 9.53 Å². The van der Waals surface area contributed by atoms with Gasteiger partial charge in [0.25, 0.3) is 0 Å². The standard InChI is InChI=1S/C19H24FN3O2/c1-25-11-5-9-18(24)23-10-3-2-8-17(23)19-21-13-16(22-19)14-6-4-7-15(20)12-14/h4,6-7,12-13,17H,2-3,5,8-11H2,1H3,(H,21,22)/t17-/m1/s1. The van der Waals surface area contributed by atoms with E-state index in [1.807, 2.05) is 11.0 Å². The summed E-state index contributed by atoms with van der Waals surface area (Å²) in [5, 5.41) is 0. The lowest BCUT2D eigenvalue weighted by molar-refractivity contribution is -0.135. The molecule has 25 heavy (non-hydrogen) atoms. The first-order chi connectivity index (χ1) is 12.2. The van der Waals surface area contributed by atoms with Gasteiger partial charge in [-0.3, -0.25) is 4.79 Å². The van der Waals surface area contributed by atoms with Gasteiger partial charge in [0.05, 0.1) is 17.9 Å². The Bertz CT molecular complexity index is 716. The van der Waals surface area contributed by atoms with Gasteiger partial charge in [-0.05, 0) is 37.8 Å². The van der Waals surface area contributed by atoms with Gasteiger partial charge in [0, 0.05) is 32.2 Å². The number of benzene rings is 1. The first kappa shape index (κ1) is 17.6. The van der Waals surface area contributed by atoms with Crippen molar-refractivity contribution in [2.45, 2.75) is 38.1 Å². The number of aromatic amines is 1. The van der Waals surface area contributed by atoms with Crippen LogP contribution < -0.4 is 0 Å². The number of nitrogens with zero attached hydrogens (tertiary/aromatic N) is 2. The lowest BCUT2D eigenvalue weighted by atomic mass is 10.0. The first-order valence-electron chi connectivity index (χ1n) is 8.78. The zero-order valence-corrected chi connectivity index (χ0v) is 14.5. The van der Waals surface area contributed by atoms with Crippen molar-refractivity contribution in [1.29, 1.82) is 0 Å². The van der Waals surface area contributed by atoms with Crippen LogP contribution in [0.3, 0.4) is 0 Å². The Kier molecular flexibility index (Phi) is 5.81. The highest BCUT2D eigenvalue weighted by molar-refractivity contribution is 5.76. The van der Waals surface area contributed by atoms with Crippen LogP contribution in [0.1, 0.15) is 44.0 Å². The topological polar surface area (TPSA) is 58.2 Å². The molecule has 1 aromatic heterocycles. The molecule has 1 aliphatic rings. The third-order valence-corrected chi connectivity index (χ3v) is 4.61. The third-order valence-electron chi connectivity index (χ3n) is 4.61. The van der Waals surface area contributed by atoms with E-state index < -0.39 is 0 Å². The monoisotopic (exact) mass is 345 g/mol. The summed E-state index contributed by atoms with van der Waals surface area (Å²) in [5.41, 5.74) is 1.53. The fourth-order valence-corrected chi connectivity index (χ4v) is 3.33. The normalized spacial score (nSPS) is 17.7. The molecule has 1 aromatic carbocycles. The third kappa shape index (κ3) is 4.25. The highest BCUT2D eigenvalue weighted by Gasteiger charge is 2.29. The summed E-state index contributed by atoms with van der Waals surface area (Å²) in [4.78, 5) is 22.2. The predicted octanol–water partition coefficient (Wildman–Crippen LogP) is 3.70. The van der Waals surface area contributed by atoms with Crippen molar-refractivity contribution < 1.29 is 13.9 Å².